The maximum Gasteiger partial charge on any atom is 0.266 e. The first-order valence-corrected chi connectivity index (χ1v) is 11.5. The van der Waals surface area contributed by atoms with Crippen molar-refractivity contribution in [3.63, 3.8) is 0 Å². The third kappa shape index (κ3) is 6.00. The van der Waals surface area contributed by atoms with Gasteiger partial charge in [-0.15, -0.1) is 0 Å². The van der Waals surface area contributed by atoms with Gasteiger partial charge in [0, 0.05) is 0 Å². The van der Waals surface area contributed by atoms with Gasteiger partial charge in [-0.05, 0) is 65.2 Å². The van der Waals surface area contributed by atoms with Gasteiger partial charge >= 0.3 is 0 Å². The Kier molecular flexibility index (Phi) is 7.67. The zero-order valence-electron chi connectivity index (χ0n) is 19.1. The lowest BCUT2D eigenvalue weighted by Gasteiger charge is -2.13. The van der Waals surface area contributed by atoms with Gasteiger partial charge in [-0.2, -0.15) is 5.26 Å². The lowest BCUT2D eigenvalue weighted by atomic mass is 10.1. The molecule has 0 heterocycles. The first kappa shape index (κ1) is 23.9. The Morgan fingerprint density at radius 3 is 2.49 bits per heavy atom. The zero-order chi connectivity index (χ0) is 24.6. The highest BCUT2D eigenvalue weighted by atomic mass is 35.5. The number of ether oxygens (including phenoxy) is 2. The molecule has 0 bridgehead atoms. The molecule has 0 aliphatic heterocycles. The molecular formula is C29H23ClN2O3. The van der Waals surface area contributed by atoms with Crippen molar-refractivity contribution in [1.29, 1.82) is 5.26 Å². The molecule has 1 amide bonds. The maximum absolute atomic E-state index is 12.6. The number of para-hydroxylation sites is 1. The highest BCUT2D eigenvalue weighted by Crippen LogP contribution is 2.31. The van der Waals surface area contributed by atoms with E-state index < -0.39 is 5.91 Å². The predicted molar refractivity (Wildman–Crippen MR) is 140 cm³/mol. The molecule has 0 unspecified atom stereocenters. The number of hydrogen-bond donors (Lipinski definition) is 1. The molecule has 0 radical (unpaired) electrons. The summed E-state index contributed by atoms with van der Waals surface area (Å²) in [6.07, 6.45) is 1.50. The number of halogens is 1. The number of rotatable bonds is 8. The molecule has 0 fully saturated rings. The van der Waals surface area contributed by atoms with Crippen LogP contribution in [0.25, 0.3) is 16.8 Å². The van der Waals surface area contributed by atoms with Gasteiger partial charge in [-0.25, -0.2) is 0 Å². The van der Waals surface area contributed by atoms with Gasteiger partial charge in [0.2, 0.25) is 0 Å². The number of carbonyl (C=O) groups is 1. The first-order chi connectivity index (χ1) is 17.1. The highest BCUT2D eigenvalue weighted by Gasteiger charge is 2.13. The largest absolute Gasteiger partial charge is 0.490 e. The van der Waals surface area contributed by atoms with Crippen molar-refractivity contribution in [2.45, 2.75) is 13.5 Å². The monoisotopic (exact) mass is 482 g/mol. The van der Waals surface area contributed by atoms with Crippen molar-refractivity contribution >= 4 is 40.0 Å². The molecule has 4 aromatic carbocycles. The lowest BCUT2D eigenvalue weighted by molar-refractivity contribution is -0.112. The van der Waals surface area contributed by atoms with E-state index in [1.165, 1.54) is 11.5 Å². The van der Waals surface area contributed by atoms with Crippen LogP contribution in [0.4, 0.5) is 5.69 Å². The molecule has 0 aliphatic rings. The van der Waals surface area contributed by atoms with Gasteiger partial charge in [0.25, 0.3) is 5.91 Å². The van der Waals surface area contributed by atoms with E-state index in [1.54, 1.807) is 42.5 Å². The minimum absolute atomic E-state index is 0.0581. The van der Waals surface area contributed by atoms with Gasteiger partial charge in [0.15, 0.2) is 11.5 Å². The van der Waals surface area contributed by atoms with Crippen LogP contribution in [0.5, 0.6) is 11.5 Å². The summed E-state index contributed by atoms with van der Waals surface area (Å²) in [5.41, 5.74) is 2.06. The fourth-order valence-electron chi connectivity index (χ4n) is 3.56. The third-order valence-corrected chi connectivity index (χ3v) is 5.60. The van der Waals surface area contributed by atoms with Crippen LogP contribution in [-0.4, -0.2) is 12.5 Å². The number of hydrogen-bond acceptors (Lipinski definition) is 4. The number of amides is 1. The normalized spacial score (nSPS) is 11.1. The molecule has 4 rings (SSSR count). The second kappa shape index (κ2) is 11.2. The maximum atomic E-state index is 12.6. The summed E-state index contributed by atoms with van der Waals surface area (Å²) < 4.78 is 11.8. The van der Waals surface area contributed by atoms with E-state index in [0.29, 0.717) is 41.0 Å². The van der Waals surface area contributed by atoms with Gasteiger partial charge in [0.1, 0.15) is 18.2 Å². The minimum atomic E-state index is -0.546. The second-order valence-electron chi connectivity index (χ2n) is 7.71. The summed E-state index contributed by atoms with van der Waals surface area (Å²) in [7, 11) is 0. The molecule has 6 heteroatoms. The summed E-state index contributed by atoms with van der Waals surface area (Å²) in [5.74, 6) is 0.567. The Labute approximate surface area is 209 Å². The predicted octanol–water partition coefficient (Wildman–Crippen LogP) is 7.02. The van der Waals surface area contributed by atoms with Crippen LogP contribution in [0.15, 0.2) is 90.5 Å². The zero-order valence-corrected chi connectivity index (χ0v) is 19.9. The summed E-state index contributed by atoms with van der Waals surface area (Å²) >= 11 is 6.10. The molecule has 0 aromatic heterocycles. The molecule has 0 saturated heterocycles. The van der Waals surface area contributed by atoms with Gasteiger partial charge < -0.3 is 14.8 Å². The van der Waals surface area contributed by atoms with Gasteiger partial charge in [-0.3, -0.25) is 4.79 Å². The number of nitriles is 1. The van der Waals surface area contributed by atoms with Gasteiger partial charge in [-0.1, -0.05) is 66.2 Å². The topological polar surface area (TPSA) is 71.3 Å². The highest BCUT2D eigenvalue weighted by molar-refractivity contribution is 6.34. The molecule has 5 nitrogen and oxygen atoms in total. The quantitative estimate of drug-likeness (QED) is 0.216. The van der Waals surface area contributed by atoms with E-state index in [-0.39, 0.29) is 5.57 Å². The number of benzene rings is 4. The van der Waals surface area contributed by atoms with Crippen LogP contribution < -0.4 is 14.8 Å². The first-order valence-electron chi connectivity index (χ1n) is 11.1. The Balaban J connectivity index is 1.52. The van der Waals surface area contributed by atoms with Gasteiger partial charge in [0.05, 0.1) is 17.3 Å². The molecule has 0 saturated carbocycles. The van der Waals surface area contributed by atoms with Crippen molar-refractivity contribution in [2.24, 2.45) is 0 Å². The van der Waals surface area contributed by atoms with E-state index in [9.17, 15) is 10.1 Å². The second-order valence-corrected chi connectivity index (χ2v) is 8.12. The SMILES string of the molecule is CCOc1cc(/C=C(\C#N)C(=O)Nc2ccccc2Cl)ccc1OCc1ccc2ccccc2c1. The van der Waals surface area contributed by atoms with Crippen LogP contribution >= 0.6 is 11.6 Å². The average Bonchev–Trinajstić information content (AvgIpc) is 2.88. The fourth-order valence-corrected chi connectivity index (χ4v) is 3.74. The number of carbonyl (C=O) groups excluding carboxylic acids is 1. The van der Waals surface area contributed by atoms with Crippen molar-refractivity contribution in [2.75, 3.05) is 11.9 Å². The molecule has 4 aromatic rings. The van der Waals surface area contributed by atoms with Crippen LogP contribution in [0.3, 0.4) is 0 Å². The smallest absolute Gasteiger partial charge is 0.266 e. The third-order valence-electron chi connectivity index (χ3n) is 5.27. The minimum Gasteiger partial charge on any atom is -0.490 e. The summed E-state index contributed by atoms with van der Waals surface area (Å²) in [5, 5.41) is 14.9. The summed E-state index contributed by atoms with van der Waals surface area (Å²) in [6.45, 7) is 2.70. The van der Waals surface area contributed by atoms with Crippen LogP contribution in [0, 0.1) is 11.3 Å². The Hall–Kier alpha value is -4.27. The van der Waals surface area contributed by atoms with E-state index in [1.807, 2.05) is 31.2 Å². The summed E-state index contributed by atoms with van der Waals surface area (Å²) in [6, 6.07) is 28.5. The van der Waals surface area contributed by atoms with Crippen molar-refractivity contribution in [3.05, 3.63) is 107 Å². The summed E-state index contributed by atoms with van der Waals surface area (Å²) in [4.78, 5) is 12.6. The number of anilines is 1. The lowest BCUT2D eigenvalue weighted by Crippen LogP contribution is -2.13. The molecule has 0 atom stereocenters. The van der Waals surface area contributed by atoms with E-state index >= 15 is 0 Å². The van der Waals surface area contributed by atoms with Crippen LogP contribution in [-0.2, 0) is 11.4 Å². The van der Waals surface area contributed by atoms with E-state index in [2.05, 4.69) is 29.6 Å². The Bertz CT molecular complexity index is 1440. The van der Waals surface area contributed by atoms with Crippen molar-refractivity contribution in [1.82, 2.24) is 0 Å². The average molecular weight is 483 g/mol. The fraction of sp³-hybridized carbons (Fsp3) is 0.103. The number of fused-ring (bicyclic) bond motifs is 1. The van der Waals surface area contributed by atoms with E-state index in [0.717, 1.165) is 10.9 Å². The standard InChI is InChI=1S/C29H23ClN2O3/c1-2-34-28-17-20(15-24(18-31)29(33)32-26-10-6-5-9-25(26)30)12-14-27(28)35-19-21-11-13-22-7-3-4-8-23(22)16-21/h3-17H,2,19H2,1H3,(H,32,33)/b24-15+. The van der Waals surface area contributed by atoms with Crippen LogP contribution in [0.1, 0.15) is 18.1 Å². The Morgan fingerprint density at radius 1 is 0.943 bits per heavy atom. The molecular weight excluding hydrogens is 460 g/mol. The molecule has 0 aliphatic carbocycles. The Morgan fingerprint density at radius 2 is 1.71 bits per heavy atom. The number of nitrogens with zero attached hydrogens (tertiary/aromatic N) is 1. The molecule has 1 N–H and O–H groups in total. The molecule has 174 valence electrons. The van der Waals surface area contributed by atoms with Crippen LogP contribution in [0.2, 0.25) is 5.02 Å². The number of nitrogens with one attached hydrogen (secondary N) is 1. The molecule has 0 spiro atoms. The van der Waals surface area contributed by atoms with Crippen molar-refractivity contribution in [3.8, 4) is 17.6 Å². The van der Waals surface area contributed by atoms with E-state index in [4.69, 9.17) is 21.1 Å². The molecule has 35 heavy (non-hydrogen) atoms. The van der Waals surface area contributed by atoms with Crippen molar-refractivity contribution < 1.29 is 14.3 Å².